The molecule has 0 saturated heterocycles. The van der Waals surface area contributed by atoms with Gasteiger partial charge >= 0.3 is 0 Å². The van der Waals surface area contributed by atoms with E-state index in [1.807, 2.05) is 23.1 Å². The normalized spacial score (nSPS) is 17.0. The zero-order chi connectivity index (χ0) is 26.7. The summed E-state index contributed by atoms with van der Waals surface area (Å²) in [5.41, 5.74) is 2.84. The van der Waals surface area contributed by atoms with Gasteiger partial charge in [-0.2, -0.15) is 4.80 Å². The summed E-state index contributed by atoms with van der Waals surface area (Å²) in [4.78, 5) is 30.2. The number of aromatic nitrogens is 4. The topological polar surface area (TPSA) is 93.0 Å². The smallest absolute Gasteiger partial charge is 0.258 e. The number of fused-ring (bicyclic) bond motifs is 1. The summed E-state index contributed by atoms with van der Waals surface area (Å²) >= 11 is 12.5. The molecule has 1 N–H and O–H groups in total. The first-order chi connectivity index (χ1) is 18.3. The number of rotatable bonds is 6. The van der Waals surface area contributed by atoms with Gasteiger partial charge in [0, 0.05) is 27.5 Å². The van der Waals surface area contributed by atoms with Gasteiger partial charge in [0.05, 0.1) is 17.1 Å². The van der Waals surface area contributed by atoms with Gasteiger partial charge in [0.1, 0.15) is 0 Å². The average Bonchev–Trinajstić information content (AvgIpc) is 3.38. The summed E-state index contributed by atoms with van der Waals surface area (Å²) in [5, 5.41) is 15.8. The number of anilines is 2. The van der Waals surface area contributed by atoms with E-state index in [1.54, 1.807) is 48.5 Å². The predicted octanol–water partition coefficient (Wildman–Crippen LogP) is 6.06. The van der Waals surface area contributed by atoms with Crippen molar-refractivity contribution in [2.24, 2.45) is 0 Å². The molecule has 1 atom stereocenters. The SMILES string of the molecule is CC1(CCn2ncnn2)CCCc2cc(Cl)ccc2N1C(=O)c1ccc(NC(=O)c2ccccc2Cl)cc1. The van der Waals surface area contributed by atoms with E-state index in [-0.39, 0.29) is 11.8 Å². The highest BCUT2D eigenvalue weighted by atomic mass is 35.5. The van der Waals surface area contributed by atoms with Gasteiger partial charge in [-0.15, -0.1) is 10.2 Å². The lowest BCUT2D eigenvalue weighted by molar-refractivity contribution is 0.0949. The highest BCUT2D eigenvalue weighted by Crippen LogP contribution is 2.40. The molecule has 4 aromatic rings. The fourth-order valence-electron chi connectivity index (χ4n) is 4.93. The minimum absolute atomic E-state index is 0.131. The van der Waals surface area contributed by atoms with Crippen LogP contribution in [-0.2, 0) is 13.0 Å². The van der Waals surface area contributed by atoms with E-state index >= 15 is 0 Å². The fourth-order valence-corrected chi connectivity index (χ4v) is 5.34. The minimum atomic E-state index is -0.499. The molecule has 194 valence electrons. The number of amides is 2. The van der Waals surface area contributed by atoms with Crippen molar-refractivity contribution in [3.05, 3.63) is 99.8 Å². The first-order valence-electron chi connectivity index (χ1n) is 12.3. The Balaban J connectivity index is 1.43. The molecule has 1 aromatic heterocycles. The fraction of sp³-hybridized carbons (Fsp3) is 0.250. The molecule has 10 heteroatoms. The Morgan fingerprint density at radius 2 is 1.84 bits per heavy atom. The van der Waals surface area contributed by atoms with Crippen molar-refractivity contribution < 1.29 is 9.59 Å². The molecule has 1 unspecified atom stereocenters. The van der Waals surface area contributed by atoms with Gasteiger partial charge in [0.25, 0.3) is 11.8 Å². The number of tetrazole rings is 1. The molecule has 38 heavy (non-hydrogen) atoms. The maximum absolute atomic E-state index is 14.1. The van der Waals surface area contributed by atoms with E-state index in [0.717, 1.165) is 30.5 Å². The monoisotopic (exact) mass is 548 g/mol. The molecule has 2 heterocycles. The van der Waals surface area contributed by atoms with E-state index in [2.05, 4.69) is 27.7 Å². The van der Waals surface area contributed by atoms with Crippen molar-refractivity contribution in [2.45, 2.75) is 44.7 Å². The molecule has 5 rings (SSSR count). The number of nitrogens with one attached hydrogen (secondary N) is 1. The molecule has 0 radical (unpaired) electrons. The largest absolute Gasteiger partial charge is 0.322 e. The van der Waals surface area contributed by atoms with Crippen molar-refractivity contribution in [1.29, 1.82) is 0 Å². The van der Waals surface area contributed by atoms with Gasteiger partial charge in [-0.05, 0) is 98.0 Å². The van der Waals surface area contributed by atoms with Gasteiger partial charge in [-0.25, -0.2) is 0 Å². The second-order valence-electron chi connectivity index (χ2n) is 9.56. The number of hydrogen-bond donors (Lipinski definition) is 1. The summed E-state index contributed by atoms with van der Waals surface area (Å²) in [6.45, 7) is 2.62. The quantitative estimate of drug-likeness (QED) is 0.316. The lowest BCUT2D eigenvalue weighted by Crippen LogP contribution is -2.50. The van der Waals surface area contributed by atoms with Gasteiger partial charge in [0.15, 0.2) is 6.33 Å². The van der Waals surface area contributed by atoms with Crippen molar-refractivity contribution in [3.63, 3.8) is 0 Å². The van der Waals surface area contributed by atoms with Crippen LogP contribution in [0.2, 0.25) is 10.0 Å². The van der Waals surface area contributed by atoms with E-state index < -0.39 is 5.54 Å². The van der Waals surface area contributed by atoms with Crippen molar-refractivity contribution in [2.75, 3.05) is 10.2 Å². The molecule has 1 aliphatic rings. The maximum Gasteiger partial charge on any atom is 0.258 e. The van der Waals surface area contributed by atoms with Crippen LogP contribution in [0.3, 0.4) is 0 Å². The van der Waals surface area contributed by atoms with Crippen LogP contribution < -0.4 is 10.2 Å². The summed E-state index contributed by atoms with van der Waals surface area (Å²) in [6.07, 6.45) is 4.58. The molecule has 8 nitrogen and oxygen atoms in total. The van der Waals surface area contributed by atoms with Crippen molar-refractivity contribution >= 4 is 46.4 Å². The Bertz CT molecular complexity index is 1460. The first-order valence-corrected chi connectivity index (χ1v) is 13.1. The molecule has 0 aliphatic carbocycles. The Hall–Kier alpha value is -3.75. The van der Waals surface area contributed by atoms with Crippen LogP contribution in [0.5, 0.6) is 0 Å². The van der Waals surface area contributed by atoms with Crippen LogP contribution >= 0.6 is 23.2 Å². The summed E-state index contributed by atoms with van der Waals surface area (Å²) in [5.74, 6) is -0.448. The van der Waals surface area contributed by atoms with E-state index in [9.17, 15) is 9.59 Å². The molecule has 1 aliphatic heterocycles. The standard InChI is InChI=1S/C28H26Cl2N6O2/c1-28(15-16-35-32-18-31-34-35)14-4-5-20-17-21(29)10-13-25(20)36(28)27(38)19-8-11-22(12-9-19)33-26(37)23-6-2-3-7-24(23)30/h2-3,6-13,17-18H,4-5,14-16H2,1H3,(H,33,37). The maximum atomic E-state index is 14.1. The Morgan fingerprint density at radius 3 is 2.58 bits per heavy atom. The second kappa shape index (κ2) is 10.9. The number of carbonyl (C=O) groups is 2. The van der Waals surface area contributed by atoms with Gasteiger partial charge < -0.3 is 10.2 Å². The number of aryl methyl sites for hydroxylation is 2. The Labute approximate surface area is 230 Å². The molecular weight excluding hydrogens is 523 g/mol. The van der Waals surface area contributed by atoms with Crippen LogP contribution in [0.1, 0.15) is 52.5 Å². The number of hydrogen-bond acceptors (Lipinski definition) is 5. The third kappa shape index (κ3) is 5.42. The first kappa shape index (κ1) is 25.9. The predicted molar refractivity (Wildman–Crippen MR) is 148 cm³/mol. The third-order valence-electron chi connectivity index (χ3n) is 6.94. The van der Waals surface area contributed by atoms with Gasteiger partial charge in [-0.1, -0.05) is 35.3 Å². The summed E-state index contributed by atoms with van der Waals surface area (Å²) in [7, 11) is 0. The Kier molecular flexibility index (Phi) is 7.44. The van der Waals surface area contributed by atoms with Crippen LogP contribution in [0.4, 0.5) is 11.4 Å². The highest BCUT2D eigenvalue weighted by molar-refractivity contribution is 6.34. The van der Waals surface area contributed by atoms with Crippen molar-refractivity contribution in [1.82, 2.24) is 20.2 Å². The number of nitrogens with zero attached hydrogens (tertiary/aromatic N) is 5. The minimum Gasteiger partial charge on any atom is -0.322 e. The summed E-state index contributed by atoms with van der Waals surface area (Å²) in [6, 6.07) is 19.4. The summed E-state index contributed by atoms with van der Waals surface area (Å²) < 4.78 is 0. The van der Waals surface area contributed by atoms with Gasteiger partial charge in [-0.3, -0.25) is 9.59 Å². The molecule has 3 aromatic carbocycles. The van der Waals surface area contributed by atoms with Crippen LogP contribution in [0, 0.1) is 0 Å². The van der Waals surface area contributed by atoms with E-state index in [1.165, 1.54) is 11.1 Å². The van der Waals surface area contributed by atoms with Crippen LogP contribution in [0.25, 0.3) is 0 Å². The van der Waals surface area contributed by atoms with Crippen molar-refractivity contribution in [3.8, 4) is 0 Å². The Morgan fingerprint density at radius 1 is 1.05 bits per heavy atom. The molecule has 0 spiro atoms. The zero-order valence-electron chi connectivity index (χ0n) is 20.8. The third-order valence-corrected chi connectivity index (χ3v) is 7.50. The lowest BCUT2D eigenvalue weighted by Gasteiger charge is -2.41. The van der Waals surface area contributed by atoms with Gasteiger partial charge in [0.2, 0.25) is 0 Å². The van der Waals surface area contributed by atoms with E-state index in [4.69, 9.17) is 23.2 Å². The molecule has 2 amide bonds. The average molecular weight is 549 g/mol. The molecule has 0 fully saturated rings. The van der Waals surface area contributed by atoms with Crippen LogP contribution in [-0.4, -0.2) is 37.6 Å². The lowest BCUT2D eigenvalue weighted by atomic mass is 9.89. The number of carbonyl (C=O) groups excluding carboxylic acids is 2. The molecular formula is C28H26Cl2N6O2. The van der Waals surface area contributed by atoms with Crippen LogP contribution in [0.15, 0.2) is 73.1 Å². The molecule has 0 saturated carbocycles. The number of halogens is 2. The zero-order valence-corrected chi connectivity index (χ0v) is 22.3. The highest BCUT2D eigenvalue weighted by Gasteiger charge is 2.39. The number of benzene rings is 3. The van der Waals surface area contributed by atoms with E-state index in [0.29, 0.717) is 39.8 Å². The molecule has 0 bridgehead atoms. The second-order valence-corrected chi connectivity index (χ2v) is 10.4.